The lowest BCUT2D eigenvalue weighted by Crippen LogP contribution is -2.17. The maximum Gasteiger partial charge on any atom is 0.0834 e. The van der Waals surface area contributed by atoms with E-state index in [-0.39, 0.29) is 6.04 Å². The molecule has 1 atom stereocenters. The number of hydrogen-bond acceptors (Lipinski definition) is 2. The van der Waals surface area contributed by atoms with E-state index in [9.17, 15) is 0 Å². The van der Waals surface area contributed by atoms with Crippen LogP contribution in [0.25, 0.3) is 0 Å². The van der Waals surface area contributed by atoms with Gasteiger partial charge in [0, 0.05) is 7.05 Å². The molecule has 1 heterocycles. The minimum Gasteiger partial charge on any atom is -0.322 e. The molecule has 1 unspecified atom stereocenters. The molecule has 0 spiro atoms. The van der Waals surface area contributed by atoms with Gasteiger partial charge in [-0.3, -0.25) is 4.68 Å². The van der Waals surface area contributed by atoms with E-state index in [0.29, 0.717) is 5.02 Å². The fourth-order valence-electron chi connectivity index (χ4n) is 1.80. The summed E-state index contributed by atoms with van der Waals surface area (Å²) in [6.07, 6.45) is 2.39. The Hall–Kier alpha value is -1.32. The number of aromatic nitrogens is 2. The molecular weight excluding hydrogens is 222 g/mol. The monoisotopic (exact) mass is 235 g/mol. The lowest BCUT2D eigenvalue weighted by Gasteiger charge is -2.12. The summed E-state index contributed by atoms with van der Waals surface area (Å²) in [6, 6.07) is 10.0. The highest BCUT2D eigenvalue weighted by Crippen LogP contribution is 2.22. The molecule has 84 valence electrons. The first kappa shape index (κ1) is 11.2. The average Bonchev–Trinajstić information content (AvgIpc) is 2.60. The van der Waals surface area contributed by atoms with Crippen molar-refractivity contribution in [1.82, 2.24) is 9.78 Å². The number of benzene rings is 1. The van der Waals surface area contributed by atoms with Gasteiger partial charge in [-0.1, -0.05) is 41.9 Å². The highest BCUT2D eigenvalue weighted by Gasteiger charge is 2.15. The van der Waals surface area contributed by atoms with E-state index in [1.807, 2.05) is 25.2 Å². The number of nitrogens with two attached hydrogens (primary N) is 1. The Bertz CT molecular complexity index is 445. The topological polar surface area (TPSA) is 43.8 Å². The van der Waals surface area contributed by atoms with Crippen molar-refractivity contribution < 1.29 is 0 Å². The molecule has 1 aromatic heterocycles. The average molecular weight is 236 g/mol. The fraction of sp³-hybridized carbons (Fsp3) is 0.250. The molecular formula is C12H14ClN3. The molecule has 1 aromatic carbocycles. The SMILES string of the molecule is Cn1ncc(Cl)c1C(N)Cc1ccccc1. The summed E-state index contributed by atoms with van der Waals surface area (Å²) in [5, 5.41) is 4.71. The quantitative estimate of drug-likeness (QED) is 0.887. The normalized spacial score (nSPS) is 12.7. The Morgan fingerprint density at radius 1 is 1.38 bits per heavy atom. The molecule has 0 aliphatic carbocycles. The van der Waals surface area contributed by atoms with Crippen molar-refractivity contribution in [3.63, 3.8) is 0 Å². The second-order valence-electron chi connectivity index (χ2n) is 3.80. The Morgan fingerprint density at radius 3 is 2.62 bits per heavy atom. The van der Waals surface area contributed by atoms with Gasteiger partial charge in [-0.15, -0.1) is 0 Å². The summed E-state index contributed by atoms with van der Waals surface area (Å²) >= 11 is 6.04. The van der Waals surface area contributed by atoms with E-state index in [1.54, 1.807) is 10.9 Å². The molecule has 0 aliphatic rings. The van der Waals surface area contributed by atoms with Crippen molar-refractivity contribution >= 4 is 11.6 Å². The molecule has 0 saturated carbocycles. The summed E-state index contributed by atoms with van der Waals surface area (Å²) in [5.41, 5.74) is 8.21. The summed E-state index contributed by atoms with van der Waals surface area (Å²) in [5.74, 6) is 0. The van der Waals surface area contributed by atoms with Crippen LogP contribution in [0.4, 0.5) is 0 Å². The van der Waals surface area contributed by atoms with Crippen molar-refractivity contribution in [2.75, 3.05) is 0 Å². The van der Waals surface area contributed by atoms with Gasteiger partial charge in [0.1, 0.15) is 0 Å². The van der Waals surface area contributed by atoms with Crippen molar-refractivity contribution in [1.29, 1.82) is 0 Å². The fourth-order valence-corrected chi connectivity index (χ4v) is 2.11. The van der Waals surface area contributed by atoms with Gasteiger partial charge in [-0.2, -0.15) is 5.10 Å². The van der Waals surface area contributed by atoms with Crippen LogP contribution >= 0.6 is 11.6 Å². The Labute approximate surface area is 99.8 Å². The summed E-state index contributed by atoms with van der Waals surface area (Å²) in [6.45, 7) is 0. The van der Waals surface area contributed by atoms with Gasteiger partial charge in [0.05, 0.1) is 23.0 Å². The second-order valence-corrected chi connectivity index (χ2v) is 4.20. The molecule has 0 amide bonds. The van der Waals surface area contributed by atoms with Gasteiger partial charge in [-0.25, -0.2) is 0 Å². The molecule has 2 aromatic rings. The van der Waals surface area contributed by atoms with Crippen LogP contribution in [-0.4, -0.2) is 9.78 Å². The highest BCUT2D eigenvalue weighted by atomic mass is 35.5. The van der Waals surface area contributed by atoms with Crippen molar-refractivity contribution in [2.24, 2.45) is 12.8 Å². The third-order valence-corrected chi connectivity index (χ3v) is 2.88. The van der Waals surface area contributed by atoms with Crippen LogP contribution in [0.1, 0.15) is 17.3 Å². The van der Waals surface area contributed by atoms with Crippen molar-refractivity contribution in [3.8, 4) is 0 Å². The van der Waals surface area contributed by atoms with Crippen molar-refractivity contribution in [2.45, 2.75) is 12.5 Å². The van der Waals surface area contributed by atoms with Gasteiger partial charge in [0.15, 0.2) is 0 Å². The van der Waals surface area contributed by atoms with Crippen molar-refractivity contribution in [3.05, 3.63) is 52.8 Å². The molecule has 0 fully saturated rings. The molecule has 4 heteroatoms. The van der Waals surface area contributed by atoms with E-state index in [4.69, 9.17) is 17.3 Å². The van der Waals surface area contributed by atoms with Gasteiger partial charge in [0.25, 0.3) is 0 Å². The summed E-state index contributed by atoms with van der Waals surface area (Å²) in [4.78, 5) is 0. The standard InChI is InChI=1S/C12H14ClN3/c1-16-12(10(13)8-15-16)11(14)7-9-5-3-2-4-6-9/h2-6,8,11H,7,14H2,1H3. The first-order chi connectivity index (χ1) is 7.68. The minimum atomic E-state index is -0.123. The molecule has 16 heavy (non-hydrogen) atoms. The zero-order chi connectivity index (χ0) is 11.5. The van der Waals surface area contributed by atoms with Gasteiger partial charge in [0.2, 0.25) is 0 Å². The van der Waals surface area contributed by atoms with E-state index in [1.165, 1.54) is 5.56 Å². The lowest BCUT2D eigenvalue weighted by atomic mass is 10.0. The molecule has 0 radical (unpaired) electrons. The van der Waals surface area contributed by atoms with Crippen LogP contribution in [0.5, 0.6) is 0 Å². The molecule has 2 N–H and O–H groups in total. The number of hydrogen-bond donors (Lipinski definition) is 1. The van der Waals surface area contributed by atoms with Crippen LogP contribution < -0.4 is 5.73 Å². The third kappa shape index (κ3) is 2.26. The van der Waals surface area contributed by atoms with Crippen LogP contribution in [0.2, 0.25) is 5.02 Å². The summed E-state index contributed by atoms with van der Waals surface area (Å²) in [7, 11) is 1.85. The number of aryl methyl sites for hydroxylation is 1. The predicted octanol–water partition coefficient (Wildman–Crippen LogP) is 2.32. The van der Waals surface area contributed by atoms with Gasteiger partial charge < -0.3 is 5.73 Å². The van der Waals surface area contributed by atoms with Crippen LogP contribution in [0.15, 0.2) is 36.5 Å². The molecule has 2 rings (SSSR count). The number of nitrogens with zero attached hydrogens (tertiary/aromatic N) is 2. The maximum absolute atomic E-state index is 6.13. The molecule has 0 bridgehead atoms. The van der Waals surface area contributed by atoms with Crippen LogP contribution in [-0.2, 0) is 13.5 Å². The van der Waals surface area contributed by atoms with E-state index in [2.05, 4.69) is 17.2 Å². The van der Waals surface area contributed by atoms with E-state index in [0.717, 1.165) is 12.1 Å². The Morgan fingerprint density at radius 2 is 2.06 bits per heavy atom. The first-order valence-electron chi connectivity index (χ1n) is 5.15. The first-order valence-corrected chi connectivity index (χ1v) is 5.53. The van der Waals surface area contributed by atoms with Crippen LogP contribution in [0, 0.1) is 0 Å². The maximum atomic E-state index is 6.13. The van der Waals surface area contributed by atoms with E-state index >= 15 is 0 Å². The van der Waals surface area contributed by atoms with Crippen LogP contribution in [0.3, 0.4) is 0 Å². The lowest BCUT2D eigenvalue weighted by molar-refractivity contribution is 0.617. The molecule has 0 saturated heterocycles. The summed E-state index contributed by atoms with van der Waals surface area (Å²) < 4.78 is 1.73. The zero-order valence-corrected chi connectivity index (χ0v) is 9.85. The van der Waals surface area contributed by atoms with E-state index < -0.39 is 0 Å². The highest BCUT2D eigenvalue weighted by molar-refractivity contribution is 6.31. The minimum absolute atomic E-state index is 0.123. The zero-order valence-electron chi connectivity index (χ0n) is 9.10. The molecule has 3 nitrogen and oxygen atoms in total. The van der Waals surface area contributed by atoms with Gasteiger partial charge in [-0.05, 0) is 12.0 Å². The number of rotatable bonds is 3. The number of halogens is 1. The van der Waals surface area contributed by atoms with Gasteiger partial charge >= 0.3 is 0 Å². The Kier molecular flexibility index (Phi) is 3.27. The largest absolute Gasteiger partial charge is 0.322 e. The second kappa shape index (κ2) is 4.68. The third-order valence-electron chi connectivity index (χ3n) is 2.59. The smallest absolute Gasteiger partial charge is 0.0834 e. The molecule has 0 aliphatic heterocycles. The predicted molar refractivity (Wildman–Crippen MR) is 65.3 cm³/mol. The Balaban J connectivity index is 2.18.